The van der Waals surface area contributed by atoms with E-state index in [0.29, 0.717) is 11.3 Å². The van der Waals surface area contributed by atoms with E-state index < -0.39 is 30.2 Å². The van der Waals surface area contributed by atoms with Gasteiger partial charge in [0.05, 0.1) is 31.3 Å². The van der Waals surface area contributed by atoms with Crippen LogP contribution in [-0.4, -0.2) is 49.7 Å². The molecule has 0 saturated heterocycles. The summed E-state index contributed by atoms with van der Waals surface area (Å²) in [6.45, 7) is 5.51. The molecule has 0 unspecified atom stereocenters. The zero-order valence-corrected chi connectivity index (χ0v) is 19.7. The molecule has 0 radical (unpaired) electrons. The van der Waals surface area contributed by atoms with Crippen molar-refractivity contribution >= 4 is 35.3 Å². The quantitative estimate of drug-likeness (QED) is 0.384. The fourth-order valence-corrected chi connectivity index (χ4v) is 3.23. The van der Waals surface area contributed by atoms with Crippen molar-refractivity contribution in [2.24, 2.45) is 0 Å². The summed E-state index contributed by atoms with van der Waals surface area (Å²) in [5.74, 6) is -2.87. The molecule has 0 aliphatic heterocycles. The molecule has 0 aliphatic rings. The maximum absolute atomic E-state index is 12.5. The molecule has 2 rings (SSSR count). The average Bonchev–Trinajstić information content (AvgIpc) is 3.11. The topological polar surface area (TPSA) is 138 Å². The van der Waals surface area contributed by atoms with Crippen molar-refractivity contribution < 1.29 is 42.6 Å². The van der Waals surface area contributed by atoms with Gasteiger partial charge in [-0.15, -0.1) is 0 Å². The summed E-state index contributed by atoms with van der Waals surface area (Å²) in [4.78, 5) is 60.9. The largest absolute Gasteiger partial charge is 0.496 e. The van der Waals surface area contributed by atoms with E-state index in [1.807, 2.05) is 6.92 Å². The molecular weight excluding hydrogens is 446 g/mol. The third kappa shape index (κ3) is 6.53. The molecule has 1 aromatic carbocycles. The number of anilines is 1. The van der Waals surface area contributed by atoms with Crippen molar-refractivity contribution in [3.8, 4) is 5.75 Å². The lowest BCUT2D eigenvalue weighted by Crippen LogP contribution is -2.22. The van der Waals surface area contributed by atoms with E-state index in [-0.39, 0.29) is 48.0 Å². The standard InChI is InChI=1S/C24H27NO9/c1-6-32-24(30)22-21(14(3)26)15(4)34-23(22)25-19(28)12-33-20(29)10-8-17(27)16-11-13(2)7-9-18(16)31-5/h7,9,11H,6,8,10,12H2,1-5H3,(H,25,28). The minimum Gasteiger partial charge on any atom is -0.496 e. The number of carbonyl (C=O) groups excluding carboxylic acids is 5. The second-order valence-electron chi connectivity index (χ2n) is 7.35. The summed E-state index contributed by atoms with van der Waals surface area (Å²) in [7, 11) is 1.45. The van der Waals surface area contributed by atoms with Crippen LogP contribution in [0, 0.1) is 13.8 Å². The molecule has 10 heteroatoms. The molecular formula is C24H27NO9. The number of rotatable bonds is 11. The fourth-order valence-electron chi connectivity index (χ4n) is 3.23. The number of carbonyl (C=O) groups is 5. The van der Waals surface area contributed by atoms with Gasteiger partial charge in [0.15, 0.2) is 18.2 Å². The van der Waals surface area contributed by atoms with Crippen LogP contribution in [0.15, 0.2) is 22.6 Å². The number of hydrogen-bond acceptors (Lipinski definition) is 9. The molecule has 1 N–H and O–H groups in total. The van der Waals surface area contributed by atoms with Crippen molar-refractivity contribution in [1.29, 1.82) is 0 Å². The lowest BCUT2D eigenvalue weighted by molar-refractivity contribution is -0.147. The van der Waals surface area contributed by atoms with Gasteiger partial charge in [0.25, 0.3) is 5.91 Å². The van der Waals surface area contributed by atoms with Crippen LogP contribution in [0.4, 0.5) is 5.88 Å². The number of benzene rings is 1. The maximum Gasteiger partial charge on any atom is 0.344 e. The van der Waals surface area contributed by atoms with Crippen LogP contribution in [0.2, 0.25) is 0 Å². The number of hydrogen-bond donors (Lipinski definition) is 1. The van der Waals surface area contributed by atoms with Gasteiger partial charge in [0.1, 0.15) is 17.1 Å². The number of nitrogens with one attached hydrogen (secondary N) is 1. The lowest BCUT2D eigenvalue weighted by atomic mass is 10.0. The highest BCUT2D eigenvalue weighted by Gasteiger charge is 2.29. The first-order chi connectivity index (χ1) is 16.1. The Morgan fingerprint density at radius 2 is 1.71 bits per heavy atom. The highest BCUT2D eigenvalue weighted by molar-refractivity contribution is 6.10. The highest BCUT2D eigenvalue weighted by Crippen LogP contribution is 2.28. The van der Waals surface area contributed by atoms with Crippen LogP contribution >= 0.6 is 0 Å². The average molecular weight is 473 g/mol. The molecule has 34 heavy (non-hydrogen) atoms. The van der Waals surface area contributed by atoms with E-state index >= 15 is 0 Å². The molecule has 1 amide bonds. The summed E-state index contributed by atoms with van der Waals surface area (Å²) in [6, 6.07) is 5.14. The first-order valence-electron chi connectivity index (χ1n) is 10.5. The summed E-state index contributed by atoms with van der Waals surface area (Å²) < 4.78 is 20.4. The van der Waals surface area contributed by atoms with Crippen LogP contribution in [-0.2, 0) is 19.1 Å². The van der Waals surface area contributed by atoms with Crippen molar-refractivity contribution in [2.45, 2.75) is 40.5 Å². The normalized spacial score (nSPS) is 10.4. The number of Topliss-reactive ketones (excluding diaryl/α,β-unsaturated/α-hetero) is 2. The first kappa shape index (κ1) is 26.3. The number of esters is 2. The molecule has 182 valence electrons. The SMILES string of the molecule is CCOC(=O)c1c(NC(=O)COC(=O)CCC(=O)c2cc(C)ccc2OC)oc(C)c1C(C)=O. The predicted octanol–water partition coefficient (Wildman–Crippen LogP) is 3.43. The van der Waals surface area contributed by atoms with Gasteiger partial charge in [-0.1, -0.05) is 11.6 Å². The fraction of sp³-hybridized carbons (Fsp3) is 0.375. The third-order valence-corrected chi connectivity index (χ3v) is 4.74. The summed E-state index contributed by atoms with van der Waals surface area (Å²) in [5, 5.41) is 2.31. The van der Waals surface area contributed by atoms with Gasteiger partial charge in [-0.2, -0.15) is 0 Å². The molecule has 1 heterocycles. The second kappa shape index (κ2) is 11.8. The zero-order valence-electron chi connectivity index (χ0n) is 19.7. The molecule has 0 spiro atoms. The van der Waals surface area contributed by atoms with Gasteiger partial charge in [-0.3, -0.25) is 24.5 Å². The highest BCUT2D eigenvalue weighted by atomic mass is 16.5. The smallest absolute Gasteiger partial charge is 0.344 e. The Morgan fingerprint density at radius 1 is 1.00 bits per heavy atom. The van der Waals surface area contributed by atoms with Crippen LogP contribution in [0.5, 0.6) is 5.75 Å². The van der Waals surface area contributed by atoms with Crippen molar-refractivity contribution in [2.75, 3.05) is 25.6 Å². The second-order valence-corrected chi connectivity index (χ2v) is 7.35. The number of methoxy groups -OCH3 is 1. The van der Waals surface area contributed by atoms with Gasteiger partial charge in [-0.25, -0.2) is 4.79 Å². The molecule has 0 bridgehead atoms. The zero-order chi connectivity index (χ0) is 25.4. The lowest BCUT2D eigenvalue weighted by Gasteiger charge is -2.09. The number of aryl methyl sites for hydroxylation is 2. The molecule has 0 saturated carbocycles. The van der Waals surface area contributed by atoms with E-state index in [4.69, 9.17) is 18.6 Å². The number of amides is 1. The van der Waals surface area contributed by atoms with E-state index in [1.165, 1.54) is 21.0 Å². The Morgan fingerprint density at radius 3 is 2.32 bits per heavy atom. The van der Waals surface area contributed by atoms with Crippen LogP contribution in [0.25, 0.3) is 0 Å². The van der Waals surface area contributed by atoms with E-state index in [1.54, 1.807) is 25.1 Å². The minimum absolute atomic E-state index is 0.00386. The molecule has 0 fully saturated rings. The predicted molar refractivity (Wildman–Crippen MR) is 120 cm³/mol. The Labute approximate surface area is 196 Å². The Bertz CT molecular complexity index is 1110. The van der Waals surface area contributed by atoms with E-state index in [9.17, 15) is 24.0 Å². The maximum atomic E-state index is 12.5. The minimum atomic E-state index is -0.832. The third-order valence-electron chi connectivity index (χ3n) is 4.74. The molecule has 2 aromatic rings. The molecule has 1 aromatic heterocycles. The van der Waals surface area contributed by atoms with Crippen molar-refractivity contribution in [1.82, 2.24) is 0 Å². The number of ketones is 2. The number of furan rings is 1. The number of ether oxygens (including phenoxy) is 3. The monoisotopic (exact) mass is 473 g/mol. The van der Waals surface area contributed by atoms with Crippen molar-refractivity contribution in [3.63, 3.8) is 0 Å². The van der Waals surface area contributed by atoms with Crippen molar-refractivity contribution in [3.05, 3.63) is 46.2 Å². The van der Waals surface area contributed by atoms with Gasteiger partial charge in [0.2, 0.25) is 5.88 Å². The van der Waals surface area contributed by atoms with Gasteiger partial charge < -0.3 is 18.6 Å². The van der Waals surface area contributed by atoms with E-state index in [2.05, 4.69) is 5.32 Å². The van der Waals surface area contributed by atoms with Crippen LogP contribution in [0.1, 0.15) is 69.1 Å². The molecule has 0 aliphatic carbocycles. The van der Waals surface area contributed by atoms with Crippen LogP contribution < -0.4 is 10.1 Å². The van der Waals surface area contributed by atoms with E-state index in [0.717, 1.165) is 5.56 Å². The van der Waals surface area contributed by atoms with Gasteiger partial charge in [0, 0.05) is 6.42 Å². The van der Waals surface area contributed by atoms with Gasteiger partial charge in [-0.05, 0) is 39.8 Å². The van der Waals surface area contributed by atoms with Gasteiger partial charge >= 0.3 is 11.9 Å². The Kier molecular flexibility index (Phi) is 9.11. The molecule has 0 atom stereocenters. The van der Waals surface area contributed by atoms with Crippen LogP contribution in [0.3, 0.4) is 0 Å². The first-order valence-corrected chi connectivity index (χ1v) is 10.5. The summed E-state index contributed by atoms with van der Waals surface area (Å²) >= 11 is 0. The Balaban J connectivity index is 1.97. The summed E-state index contributed by atoms with van der Waals surface area (Å²) in [5.41, 5.74) is 1.01. The summed E-state index contributed by atoms with van der Waals surface area (Å²) in [6.07, 6.45) is -0.377. The Hall–Kier alpha value is -3.95. The molecule has 10 nitrogen and oxygen atoms in total.